The first-order valence-electron chi connectivity index (χ1n) is 6.34. The highest BCUT2D eigenvalue weighted by Crippen LogP contribution is 2.22. The minimum absolute atomic E-state index is 0.0795. The molecule has 2 rings (SSSR count). The fourth-order valence-electron chi connectivity index (χ4n) is 2.31. The van der Waals surface area contributed by atoms with Crippen molar-refractivity contribution in [2.24, 2.45) is 5.84 Å². The van der Waals surface area contributed by atoms with Crippen LogP contribution in [0.1, 0.15) is 28.6 Å². The number of nitrogens with two attached hydrogens (primary N) is 1. The van der Waals surface area contributed by atoms with Gasteiger partial charge in [0.25, 0.3) is 0 Å². The van der Waals surface area contributed by atoms with E-state index in [1.165, 1.54) is 12.1 Å². The molecule has 1 unspecified atom stereocenters. The Hall–Kier alpha value is -1.30. The van der Waals surface area contributed by atoms with Crippen molar-refractivity contribution in [2.45, 2.75) is 26.3 Å². The molecule has 0 bridgehead atoms. The molecule has 0 amide bonds. The summed E-state index contributed by atoms with van der Waals surface area (Å²) in [7, 11) is 0. The highest BCUT2D eigenvalue weighted by Gasteiger charge is 2.13. The Kier molecular flexibility index (Phi) is 4.86. The third kappa shape index (κ3) is 3.85. The Balaban J connectivity index is 2.28. The molecule has 1 heterocycles. The summed E-state index contributed by atoms with van der Waals surface area (Å²) >= 11 is 3.30. The van der Waals surface area contributed by atoms with Gasteiger partial charge in [-0.1, -0.05) is 15.9 Å². The largest absolute Gasteiger partial charge is 0.271 e. The van der Waals surface area contributed by atoms with Crippen molar-refractivity contribution >= 4 is 15.9 Å². The van der Waals surface area contributed by atoms with Gasteiger partial charge in [0.05, 0.1) is 6.04 Å². The first kappa shape index (κ1) is 15.1. The van der Waals surface area contributed by atoms with Crippen molar-refractivity contribution in [1.82, 2.24) is 10.4 Å². The number of hydrogen-bond donors (Lipinski definition) is 2. The molecule has 0 fully saturated rings. The lowest BCUT2D eigenvalue weighted by molar-refractivity contribution is 0.547. The molecule has 5 heteroatoms. The highest BCUT2D eigenvalue weighted by atomic mass is 79.9. The number of nitrogens with zero attached hydrogens (tertiary/aromatic N) is 1. The van der Waals surface area contributed by atoms with Crippen molar-refractivity contribution in [3.05, 3.63) is 63.1 Å². The molecule has 0 saturated heterocycles. The molecule has 0 aliphatic heterocycles. The minimum atomic E-state index is -0.257. The van der Waals surface area contributed by atoms with Crippen LogP contribution in [0.4, 0.5) is 4.39 Å². The maximum Gasteiger partial charge on any atom is 0.124 e. The summed E-state index contributed by atoms with van der Waals surface area (Å²) in [5.41, 5.74) is 6.62. The van der Waals surface area contributed by atoms with Gasteiger partial charge in [0.2, 0.25) is 0 Å². The van der Waals surface area contributed by atoms with Crippen LogP contribution in [0.15, 0.2) is 34.8 Å². The fraction of sp³-hybridized carbons (Fsp3) is 0.267. The lowest BCUT2D eigenvalue weighted by Gasteiger charge is -2.17. The Morgan fingerprint density at radius 2 is 1.85 bits per heavy atom. The molecule has 1 atom stereocenters. The molecule has 0 spiro atoms. The van der Waals surface area contributed by atoms with Crippen LogP contribution in [0.2, 0.25) is 0 Å². The summed E-state index contributed by atoms with van der Waals surface area (Å²) in [6.07, 6.45) is 0.607. The molecule has 0 saturated carbocycles. The van der Waals surface area contributed by atoms with E-state index in [1.807, 2.05) is 32.0 Å². The number of aryl methyl sites for hydroxylation is 2. The third-order valence-electron chi connectivity index (χ3n) is 3.07. The van der Waals surface area contributed by atoms with Gasteiger partial charge in [-0.2, -0.15) is 0 Å². The number of aromatic nitrogens is 1. The molecule has 3 nitrogen and oxygen atoms in total. The molecule has 0 aliphatic carbocycles. The van der Waals surface area contributed by atoms with Gasteiger partial charge in [0.15, 0.2) is 0 Å². The Morgan fingerprint density at radius 1 is 1.20 bits per heavy atom. The topological polar surface area (TPSA) is 50.9 Å². The van der Waals surface area contributed by atoms with Crippen LogP contribution >= 0.6 is 15.9 Å². The Bertz CT molecular complexity index is 576. The van der Waals surface area contributed by atoms with E-state index in [0.29, 0.717) is 6.42 Å². The molecule has 1 aromatic heterocycles. The van der Waals surface area contributed by atoms with Gasteiger partial charge in [-0.15, -0.1) is 0 Å². The number of halogens is 2. The molecular weight excluding hydrogens is 321 g/mol. The van der Waals surface area contributed by atoms with Crippen LogP contribution in [0.25, 0.3) is 0 Å². The second-order valence-corrected chi connectivity index (χ2v) is 5.80. The van der Waals surface area contributed by atoms with E-state index >= 15 is 0 Å². The maximum absolute atomic E-state index is 13.4. The van der Waals surface area contributed by atoms with Crippen LogP contribution < -0.4 is 11.3 Å². The van der Waals surface area contributed by atoms with Gasteiger partial charge in [-0.25, -0.2) is 4.39 Å². The first-order valence-corrected chi connectivity index (χ1v) is 7.13. The van der Waals surface area contributed by atoms with Gasteiger partial charge in [0, 0.05) is 15.9 Å². The second kappa shape index (κ2) is 6.43. The van der Waals surface area contributed by atoms with E-state index in [-0.39, 0.29) is 11.9 Å². The van der Waals surface area contributed by atoms with Gasteiger partial charge in [-0.3, -0.25) is 16.3 Å². The zero-order valence-corrected chi connectivity index (χ0v) is 13.0. The van der Waals surface area contributed by atoms with Crippen LogP contribution in [0, 0.1) is 19.7 Å². The average molecular weight is 338 g/mol. The van der Waals surface area contributed by atoms with Crippen molar-refractivity contribution in [3.8, 4) is 0 Å². The summed E-state index contributed by atoms with van der Waals surface area (Å²) in [5.74, 6) is 5.40. The number of rotatable bonds is 4. The van der Waals surface area contributed by atoms with Crippen LogP contribution in [-0.2, 0) is 6.42 Å². The van der Waals surface area contributed by atoms with Gasteiger partial charge in [-0.05, 0) is 61.7 Å². The lowest BCUT2D eigenvalue weighted by atomic mass is 9.99. The summed E-state index contributed by atoms with van der Waals surface area (Å²) in [6, 6.07) is 8.76. The van der Waals surface area contributed by atoms with Crippen LogP contribution in [0.3, 0.4) is 0 Å². The summed E-state index contributed by atoms with van der Waals surface area (Å²) < 4.78 is 14.1. The highest BCUT2D eigenvalue weighted by molar-refractivity contribution is 9.10. The van der Waals surface area contributed by atoms with Crippen molar-refractivity contribution in [1.29, 1.82) is 0 Å². The fourth-order valence-corrected chi connectivity index (χ4v) is 2.82. The monoisotopic (exact) mass is 337 g/mol. The smallest absolute Gasteiger partial charge is 0.124 e. The molecule has 0 radical (unpaired) electrons. The Labute approximate surface area is 126 Å². The summed E-state index contributed by atoms with van der Waals surface area (Å²) in [6.45, 7) is 3.89. The normalized spacial score (nSPS) is 12.4. The molecule has 2 aromatic rings. The number of benzene rings is 1. The van der Waals surface area contributed by atoms with E-state index in [1.54, 1.807) is 0 Å². The third-order valence-corrected chi connectivity index (χ3v) is 3.53. The molecule has 0 aliphatic rings. The lowest BCUT2D eigenvalue weighted by Crippen LogP contribution is -2.29. The van der Waals surface area contributed by atoms with Crippen molar-refractivity contribution in [3.63, 3.8) is 0 Å². The molecule has 106 valence electrons. The molecular formula is C15H17BrFN3. The zero-order valence-electron chi connectivity index (χ0n) is 11.5. The number of hydrazine groups is 1. The second-order valence-electron chi connectivity index (χ2n) is 4.88. The Morgan fingerprint density at radius 3 is 2.40 bits per heavy atom. The van der Waals surface area contributed by atoms with Gasteiger partial charge >= 0.3 is 0 Å². The average Bonchev–Trinajstić information content (AvgIpc) is 2.33. The molecule has 1 aromatic carbocycles. The van der Waals surface area contributed by atoms with Crippen molar-refractivity contribution < 1.29 is 4.39 Å². The van der Waals surface area contributed by atoms with E-state index in [0.717, 1.165) is 27.0 Å². The maximum atomic E-state index is 13.4. The molecule has 20 heavy (non-hydrogen) atoms. The van der Waals surface area contributed by atoms with E-state index < -0.39 is 0 Å². The summed E-state index contributed by atoms with van der Waals surface area (Å²) in [4.78, 5) is 4.35. The number of nitrogens with one attached hydrogen (secondary N) is 1. The van der Waals surface area contributed by atoms with E-state index in [4.69, 9.17) is 5.84 Å². The predicted octanol–water partition coefficient (Wildman–Crippen LogP) is 3.35. The van der Waals surface area contributed by atoms with Crippen LogP contribution in [-0.4, -0.2) is 4.98 Å². The SMILES string of the molecule is Cc1cc(C(Cc2cc(F)cc(Br)c2)NN)cc(C)n1. The zero-order chi connectivity index (χ0) is 14.7. The number of hydrogen-bond acceptors (Lipinski definition) is 3. The van der Waals surface area contributed by atoms with E-state index in [2.05, 4.69) is 26.3 Å². The first-order chi connectivity index (χ1) is 9.47. The van der Waals surface area contributed by atoms with Gasteiger partial charge in [0.1, 0.15) is 5.82 Å². The molecule has 3 N–H and O–H groups in total. The number of pyridine rings is 1. The van der Waals surface area contributed by atoms with Crippen molar-refractivity contribution in [2.75, 3.05) is 0 Å². The van der Waals surface area contributed by atoms with Crippen LogP contribution in [0.5, 0.6) is 0 Å². The minimum Gasteiger partial charge on any atom is -0.271 e. The predicted molar refractivity (Wildman–Crippen MR) is 81.6 cm³/mol. The quantitative estimate of drug-likeness (QED) is 0.664. The van der Waals surface area contributed by atoms with E-state index in [9.17, 15) is 4.39 Å². The summed E-state index contributed by atoms with van der Waals surface area (Å²) in [5, 5.41) is 0. The standard InChI is InChI=1S/C15H17BrFN3/c1-9-3-12(4-10(2)19-9)15(20-18)7-11-5-13(16)8-14(17)6-11/h3-6,8,15,20H,7,18H2,1-2H3. The van der Waals surface area contributed by atoms with Gasteiger partial charge < -0.3 is 0 Å².